The molecule has 0 bridgehead atoms. The third kappa shape index (κ3) is 2.91. The molecule has 3 N–H and O–H groups in total. The molecule has 1 rings (SSSR count). The molecule has 1 aromatic carbocycles. The zero-order valence-corrected chi connectivity index (χ0v) is 7.51. The number of anilines is 2. The van der Waals surface area contributed by atoms with Gasteiger partial charge >= 0.3 is 0 Å². The molecule has 72 valence electrons. The largest absolute Gasteiger partial charge is 0.399 e. The molecule has 13 heavy (non-hydrogen) atoms. The number of ether oxygens (including phenoxy) is 1. The second kappa shape index (κ2) is 4.67. The summed E-state index contributed by atoms with van der Waals surface area (Å²) in [7, 11) is 1.60. The van der Waals surface area contributed by atoms with Gasteiger partial charge in [0.1, 0.15) is 5.82 Å². The summed E-state index contributed by atoms with van der Waals surface area (Å²) >= 11 is 0. The minimum Gasteiger partial charge on any atom is -0.399 e. The number of benzene rings is 1. The van der Waals surface area contributed by atoms with Crippen molar-refractivity contribution in [1.29, 1.82) is 0 Å². The van der Waals surface area contributed by atoms with Crippen LogP contribution in [0.25, 0.3) is 0 Å². The molecule has 4 heteroatoms. The van der Waals surface area contributed by atoms with E-state index in [4.69, 9.17) is 10.5 Å². The molecular weight excluding hydrogens is 171 g/mol. The van der Waals surface area contributed by atoms with Crippen LogP contribution in [0.4, 0.5) is 15.8 Å². The Balaban J connectivity index is 2.56. The van der Waals surface area contributed by atoms with Gasteiger partial charge in [0.05, 0.1) is 12.3 Å². The van der Waals surface area contributed by atoms with E-state index in [-0.39, 0.29) is 5.82 Å². The average Bonchev–Trinajstić information content (AvgIpc) is 2.09. The normalized spacial score (nSPS) is 10.0. The molecule has 0 atom stereocenters. The second-order valence-corrected chi connectivity index (χ2v) is 2.66. The van der Waals surface area contributed by atoms with Crippen LogP contribution in [-0.2, 0) is 4.74 Å². The van der Waals surface area contributed by atoms with Crippen molar-refractivity contribution in [2.45, 2.75) is 0 Å². The number of hydrogen-bond acceptors (Lipinski definition) is 3. The van der Waals surface area contributed by atoms with Crippen molar-refractivity contribution in [3.63, 3.8) is 0 Å². The highest BCUT2D eigenvalue weighted by atomic mass is 19.1. The highest BCUT2D eigenvalue weighted by molar-refractivity contribution is 5.52. The Bertz CT molecular complexity index is 278. The van der Waals surface area contributed by atoms with E-state index in [1.165, 1.54) is 6.07 Å². The van der Waals surface area contributed by atoms with Crippen LogP contribution in [-0.4, -0.2) is 20.3 Å². The minimum atomic E-state index is -0.337. The molecule has 0 fully saturated rings. The second-order valence-electron chi connectivity index (χ2n) is 2.66. The molecule has 0 amide bonds. The van der Waals surface area contributed by atoms with Gasteiger partial charge < -0.3 is 15.8 Å². The fourth-order valence-corrected chi connectivity index (χ4v) is 0.962. The van der Waals surface area contributed by atoms with Crippen LogP contribution < -0.4 is 11.1 Å². The lowest BCUT2D eigenvalue weighted by molar-refractivity contribution is 0.210. The van der Waals surface area contributed by atoms with E-state index in [9.17, 15) is 4.39 Å². The Hall–Kier alpha value is -1.29. The van der Waals surface area contributed by atoms with Crippen molar-refractivity contribution in [1.82, 2.24) is 0 Å². The molecule has 0 unspecified atom stereocenters. The van der Waals surface area contributed by atoms with Crippen LogP contribution in [0.3, 0.4) is 0 Å². The van der Waals surface area contributed by atoms with Crippen LogP contribution in [0, 0.1) is 5.82 Å². The minimum absolute atomic E-state index is 0.337. The van der Waals surface area contributed by atoms with Crippen LogP contribution in [0.1, 0.15) is 0 Å². The lowest BCUT2D eigenvalue weighted by Crippen LogP contribution is -2.08. The van der Waals surface area contributed by atoms with Gasteiger partial charge in [-0.3, -0.25) is 0 Å². The number of halogens is 1. The summed E-state index contributed by atoms with van der Waals surface area (Å²) in [6.07, 6.45) is 0. The van der Waals surface area contributed by atoms with Crippen LogP contribution in [0.2, 0.25) is 0 Å². The molecule has 0 spiro atoms. The molecule has 0 saturated carbocycles. The summed E-state index contributed by atoms with van der Waals surface area (Å²) in [4.78, 5) is 0. The van der Waals surface area contributed by atoms with Crippen LogP contribution in [0.5, 0.6) is 0 Å². The highest BCUT2D eigenvalue weighted by Crippen LogP contribution is 2.16. The first kappa shape index (κ1) is 9.80. The summed E-state index contributed by atoms with van der Waals surface area (Å²) in [5.41, 5.74) is 6.27. The molecule has 0 aliphatic rings. The van der Waals surface area contributed by atoms with Gasteiger partial charge in [-0.25, -0.2) is 4.39 Å². The molecule has 0 saturated heterocycles. The van der Waals surface area contributed by atoms with E-state index >= 15 is 0 Å². The molecule has 0 aliphatic carbocycles. The molecule has 0 radical (unpaired) electrons. The number of nitrogen functional groups attached to an aromatic ring is 1. The number of methoxy groups -OCH3 is 1. The van der Waals surface area contributed by atoms with Gasteiger partial charge in [-0.15, -0.1) is 0 Å². The summed E-state index contributed by atoms with van der Waals surface area (Å²) in [5.74, 6) is -0.337. The Morgan fingerprint density at radius 2 is 2.31 bits per heavy atom. The number of nitrogens with one attached hydrogen (secondary N) is 1. The predicted molar refractivity (Wildman–Crippen MR) is 51.2 cm³/mol. The van der Waals surface area contributed by atoms with Crippen molar-refractivity contribution < 1.29 is 9.13 Å². The van der Waals surface area contributed by atoms with Crippen molar-refractivity contribution in [3.05, 3.63) is 24.0 Å². The first-order valence-corrected chi connectivity index (χ1v) is 4.02. The maximum Gasteiger partial charge on any atom is 0.148 e. The summed E-state index contributed by atoms with van der Waals surface area (Å²) in [5, 5.41) is 2.89. The Kier molecular flexibility index (Phi) is 3.52. The fourth-order valence-electron chi connectivity index (χ4n) is 0.962. The zero-order valence-electron chi connectivity index (χ0n) is 7.51. The van der Waals surface area contributed by atoms with E-state index < -0.39 is 0 Å². The Morgan fingerprint density at radius 1 is 1.54 bits per heavy atom. The lowest BCUT2D eigenvalue weighted by Gasteiger charge is -2.06. The molecule has 0 aliphatic heterocycles. The smallest absolute Gasteiger partial charge is 0.148 e. The average molecular weight is 184 g/mol. The van der Waals surface area contributed by atoms with Gasteiger partial charge in [0.25, 0.3) is 0 Å². The quantitative estimate of drug-likeness (QED) is 0.550. The first-order valence-electron chi connectivity index (χ1n) is 4.02. The summed E-state index contributed by atoms with van der Waals surface area (Å²) in [6, 6.07) is 4.55. The summed E-state index contributed by atoms with van der Waals surface area (Å²) < 4.78 is 17.9. The third-order valence-corrected chi connectivity index (χ3v) is 1.61. The monoisotopic (exact) mass is 184 g/mol. The molecule has 1 aromatic rings. The van der Waals surface area contributed by atoms with Gasteiger partial charge in [0.2, 0.25) is 0 Å². The van der Waals surface area contributed by atoms with Crippen molar-refractivity contribution in [2.24, 2.45) is 0 Å². The van der Waals surface area contributed by atoms with E-state index in [0.29, 0.717) is 24.5 Å². The lowest BCUT2D eigenvalue weighted by atomic mass is 10.2. The maximum absolute atomic E-state index is 13.1. The van der Waals surface area contributed by atoms with Gasteiger partial charge in [0, 0.05) is 19.3 Å². The van der Waals surface area contributed by atoms with E-state index in [2.05, 4.69) is 5.32 Å². The number of rotatable bonds is 4. The highest BCUT2D eigenvalue weighted by Gasteiger charge is 2.00. The molecule has 0 aromatic heterocycles. The topological polar surface area (TPSA) is 47.3 Å². The SMILES string of the molecule is COCCNc1ccc(N)cc1F. The number of hydrogen-bond donors (Lipinski definition) is 2. The van der Waals surface area contributed by atoms with Crippen molar-refractivity contribution in [2.75, 3.05) is 31.3 Å². The van der Waals surface area contributed by atoms with E-state index in [1.807, 2.05) is 0 Å². The Morgan fingerprint density at radius 3 is 2.92 bits per heavy atom. The van der Waals surface area contributed by atoms with Gasteiger partial charge in [-0.05, 0) is 18.2 Å². The van der Waals surface area contributed by atoms with Gasteiger partial charge in [-0.1, -0.05) is 0 Å². The van der Waals surface area contributed by atoms with Gasteiger partial charge in [-0.2, -0.15) is 0 Å². The standard InChI is InChI=1S/C9H13FN2O/c1-13-5-4-12-9-3-2-7(11)6-8(9)10/h2-3,6,12H,4-5,11H2,1H3. The number of nitrogens with two attached hydrogens (primary N) is 1. The molecule has 0 heterocycles. The van der Waals surface area contributed by atoms with Crippen LogP contribution >= 0.6 is 0 Å². The maximum atomic E-state index is 13.1. The molecule has 3 nitrogen and oxygen atoms in total. The third-order valence-electron chi connectivity index (χ3n) is 1.61. The molecular formula is C9H13FN2O. The predicted octanol–water partition coefficient (Wildman–Crippen LogP) is 1.47. The first-order chi connectivity index (χ1) is 6.24. The van der Waals surface area contributed by atoms with E-state index in [1.54, 1.807) is 19.2 Å². The van der Waals surface area contributed by atoms with E-state index in [0.717, 1.165) is 0 Å². The Labute approximate surface area is 76.7 Å². The van der Waals surface area contributed by atoms with Crippen molar-refractivity contribution in [3.8, 4) is 0 Å². The fraction of sp³-hybridized carbons (Fsp3) is 0.333. The van der Waals surface area contributed by atoms with Crippen LogP contribution in [0.15, 0.2) is 18.2 Å². The van der Waals surface area contributed by atoms with Crippen molar-refractivity contribution >= 4 is 11.4 Å². The zero-order chi connectivity index (χ0) is 9.68. The van der Waals surface area contributed by atoms with Gasteiger partial charge in [0.15, 0.2) is 0 Å². The summed E-state index contributed by atoms with van der Waals surface area (Å²) in [6.45, 7) is 1.13.